The summed E-state index contributed by atoms with van der Waals surface area (Å²) in [5.41, 5.74) is 0. The molecule has 0 heterocycles. The Kier molecular flexibility index (Phi) is 8.84. The van der Waals surface area contributed by atoms with Gasteiger partial charge in [0.1, 0.15) is 0 Å². The Morgan fingerprint density at radius 2 is 2.00 bits per heavy atom. The smallest absolute Gasteiger partial charge is 0.305 e. The van der Waals surface area contributed by atoms with Gasteiger partial charge in [0.25, 0.3) is 0 Å². The first kappa shape index (κ1) is 16.4. The number of carbonyl (C=O) groups is 1. The Morgan fingerprint density at radius 1 is 1.21 bits per heavy atom. The molecular weight excluding hydrogens is 242 g/mol. The minimum atomic E-state index is -0.0654. The second kappa shape index (κ2) is 10.2. The van der Waals surface area contributed by atoms with Crippen LogP contribution in [0.1, 0.15) is 45.4 Å². The van der Waals surface area contributed by atoms with Gasteiger partial charge >= 0.3 is 5.97 Å². The van der Waals surface area contributed by atoms with Gasteiger partial charge in [0.15, 0.2) is 0 Å². The molecule has 0 aromatic rings. The molecule has 4 heteroatoms. The van der Waals surface area contributed by atoms with Gasteiger partial charge in [-0.25, -0.2) is 0 Å². The lowest BCUT2D eigenvalue weighted by Crippen LogP contribution is -2.24. The van der Waals surface area contributed by atoms with E-state index < -0.39 is 0 Å². The zero-order valence-corrected chi connectivity index (χ0v) is 12.5. The molecule has 1 rings (SSSR count). The lowest BCUT2D eigenvalue weighted by atomic mass is 10.2. The van der Waals surface area contributed by atoms with Crippen molar-refractivity contribution in [2.45, 2.75) is 45.4 Å². The van der Waals surface area contributed by atoms with Crippen LogP contribution in [0.5, 0.6) is 0 Å². The number of hydrogen-bond donors (Lipinski definition) is 0. The Balaban J connectivity index is 1.80. The van der Waals surface area contributed by atoms with Gasteiger partial charge in [0, 0.05) is 19.6 Å². The van der Waals surface area contributed by atoms with Crippen LogP contribution < -0.4 is 0 Å². The average molecular weight is 271 g/mol. The van der Waals surface area contributed by atoms with Crippen LogP contribution in [-0.4, -0.2) is 50.8 Å². The number of unbranched alkanes of at least 4 members (excludes halogenated alkanes) is 2. The minimum absolute atomic E-state index is 0.0654. The van der Waals surface area contributed by atoms with Gasteiger partial charge in [-0.1, -0.05) is 6.42 Å². The van der Waals surface area contributed by atoms with Crippen molar-refractivity contribution in [3.05, 3.63) is 0 Å². The SMILES string of the molecule is CCOC(=O)CCCCCN(C)CCOCC1CC1. The molecule has 112 valence electrons. The summed E-state index contributed by atoms with van der Waals surface area (Å²) in [5, 5.41) is 0. The van der Waals surface area contributed by atoms with Gasteiger partial charge in [-0.3, -0.25) is 4.79 Å². The minimum Gasteiger partial charge on any atom is -0.466 e. The summed E-state index contributed by atoms with van der Waals surface area (Å²) in [6.45, 7) is 6.21. The highest BCUT2D eigenvalue weighted by Gasteiger charge is 2.20. The second-order valence-corrected chi connectivity index (χ2v) is 5.44. The highest BCUT2D eigenvalue weighted by atomic mass is 16.5. The molecule has 0 N–H and O–H groups in total. The first-order valence-corrected chi connectivity index (χ1v) is 7.64. The van der Waals surface area contributed by atoms with Crippen molar-refractivity contribution in [3.63, 3.8) is 0 Å². The number of nitrogens with zero attached hydrogens (tertiary/aromatic N) is 1. The van der Waals surface area contributed by atoms with E-state index in [2.05, 4.69) is 11.9 Å². The van der Waals surface area contributed by atoms with E-state index in [1.165, 1.54) is 12.8 Å². The highest BCUT2D eigenvalue weighted by molar-refractivity contribution is 5.69. The monoisotopic (exact) mass is 271 g/mol. The highest BCUT2D eigenvalue weighted by Crippen LogP contribution is 2.28. The molecule has 19 heavy (non-hydrogen) atoms. The molecule has 0 aromatic carbocycles. The number of rotatable bonds is 12. The topological polar surface area (TPSA) is 38.8 Å². The maximum absolute atomic E-state index is 11.1. The lowest BCUT2D eigenvalue weighted by Gasteiger charge is -2.16. The molecule has 0 saturated heterocycles. The van der Waals surface area contributed by atoms with E-state index in [0.717, 1.165) is 51.5 Å². The Bertz CT molecular complexity index is 242. The zero-order chi connectivity index (χ0) is 13.9. The Hall–Kier alpha value is -0.610. The largest absolute Gasteiger partial charge is 0.466 e. The molecule has 4 nitrogen and oxygen atoms in total. The number of esters is 1. The third-order valence-corrected chi connectivity index (χ3v) is 3.39. The van der Waals surface area contributed by atoms with E-state index in [0.29, 0.717) is 13.0 Å². The van der Waals surface area contributed by atoms with Gasteiger partial charge < -0.3 is 14.4 Å². The summed E-state index contributed by atoms with van der Waals surface area (Å²) >= 11 is 0. The second-order valence-electron chi connectivity index (χ2n) is 5.44. The van der Waals surface area contributed by atoms with Gasteiger partial charge in [-0.2, -0.15) is 0 Å². The van der Waals surface area contributed by atoms with Crippen molar-refractivity contribution in [2.24, 2.45) is 5.92 Å². The van der Waals surface area contributed by atoms with Crippen LogP contribution in [0, 0.1) is 5.92 Å². The molecular formula is C15H29NO3. The van der Waals surface area contributed by atoms with E-state index in [1.54, 1.807) is 0 Å². The molecule has 0 unspecified atom stereocenters. The molecule has 0 amide bonds. The van der Waals surface area contributed by atoms with Gasteiger partial charge in [0.05, 0.1) is 13.2 Å². The summed E-state index contributed by atoms with van der Waals surface area (Å²) in [5.74, 6) is 0.789. The Labute approximate surface area is 117 Å². The van der Waals surface area contributed by atoms with Gasteiger partial charge in [0.2, 0.25) is 0 Å². The first-order chi connectivity index (χ1) is 9.22. The summed E-state index contributed by atoms with van der Waals surface area (Å²) in [4.78, 5) is 13.4. The van der Waals surface area contributed by atoms with Crippen molar-refractivity contribution in [1.82, 2.24) is 4.90 Å². The van der Waals surface area contributed by atoms with Crippen LogP contribution in [-0.2, 0) is 14.3 Å². The summed E-state index contributed by atoms with van der Waals surface area (Å²) in [6, 6.07) is 0. The third-order valence-electron chi connectivity index (χ3n) is 3.39. The maximum Gasteiger partial charge on any atom is 0.305 e. The standard InChI is InChI=1S/C15H29NO3/c1-3-19-15(17)7-5-4-6-10-16(2)11-12-18-13-14-8-9-14/h14H,3-13H2,1-2H3. The molecule has 0 radical (unpaired) electrons. The van der Waals surface area contributed by atoms with E-state index >= 15 is 0 Å². The summed E-state index contributed by atoms with van der Waals surface area (Å²) < 4.78 is 10.5. The van der Waals surface area contributed by atoms with Crippen molar-refractivity contribution < 1.29 is 14.3 Å². The van der Waals surface area contributed by atoms with Crippen LogP contribution in [0.15, 0.2) is 0 Å². The zero-order valence-electron chi connectivity index (χ0n) is 12.5. The van der Waals surface area contributed by atoms with Crippen LogP contribution >= 0.6 is 0 Å². The number of hydrogen-bond acceptors (Lipinski definition) is 4. The quantitative estimate of drug-likeness (QED) is 0.404. The van der Waals surface area contributed by atoms with E-state index in [-0.39, 0.29) is 5.97 Å². The fourth-order valence-electron chi connectivity index (χ4n) is 1.93. The number of likely N-dealkylation sites (N-methyl/N-ethyl adjacent to an activating group) is 1. The fraction of sp³-hybridized carbons (Fsp3) is 0.933. The number of ether oxygens (including phenoxy) is 2. The molecule has 0 aliphatic heterocycles. The lowest BCUT2D eigenvalue weighted by molar-refractivity contribution is -0.143. The van der Waals surface area contributed by atoms with E-state index in [1.807, 2.05) is 6.92 Å². The normalized spacial score (nSPS) is 14.9. The molecule has 1 aliphatic rings. The molecule has 0 bridgehead atoms. The average Bonchev–Trinajstić information content (AvgIpc) is 3.18. The van der Waals surface area contributed by atoms with Crippen molar-refractivity contribution in [2.75, 3.05) is 40.0 Å². The van der Waals surface area contributed by atoms with Crippen molar-refractivity contribution in [3.8, 4) is 0 Å². The molecule has 0 atom stereocenters. The van der Waals surface area contributed by atoms with Gasteiger partial charge in [-0.05, 0) is 52.1 Å². The third kappa shape index (κ3) is 9.91. The summed E-state index contributed by atoms with van der Waals surface area (Å²) in [6.07, 6.45) is 6.43. The molecule has 1 fully saturated rings. The number of carbonyl (C=O) groups excluding carboxylic acids is 1. The Morgan fingerprint density at radius 3 is 2.68 bits per heavy atom. The first-order valence-electron chi connectivity index (χ1n) is 7.64. The maximum atomic E-state index is 11.1. The van der Waals surface area contributed by atoms with Crippen LogP contribution in [0.2, 0.25) is 0 Å². The van der Waals surface area contributed by atoms with Crippen LogP contribution in [0.3, 0.4) is 0 Å². The predicted molar refractivity (Wildman–Crippen MR) is 76.1 cm³/mol. The van der Waals surface area contributed by atoms with E-state index in [9.17, 15) is 4.79 Å². The van der Waals surface area contributed by atoms with E-state index in [4.69, 9.17) is 9.47 Å². The molecule has 1 saturated carbocycles. The fourth-order valence-corrected chi connectivity index (χ4v) is 1.93. The van der Waals surface area contributed by atoms with Crippen molar-refractivity contribution >= 4 is 5.97 Å². The molecule has 1 aliphatic carbocycles. The van der Waals surface area contributed by atoms with Crippen molar-refractivity contribution in [1.29, 1.82) is 0 Å². The van der Waals surface area contributed by atoms with Gasteiger partial charge in [-0.15, -0.1) is 0 Å². The summed E-state index contributed by atoms with van der Waals surface area (Å²) in [7, 11) is 2.13. The predicted octanol–water partition coefficient (Wildman–Crippen LogP) is 2.47. The molecule has 0 aromatic heterocycles. The van der Waals surface area contributed by atoms with Crippen LogP contribution in [0.25, 0.3) is 0 Å². The molecule has 0 spiro atoms. The van der Waals surface area contributed by atoms with Crippen LogP contribution in [0.4, 0.5) is 0 Å².